The quantitative estimate of drug-likeness (QED) is 0.420. The smallest absolute Gasteiger partial charge is 0.399 e. The van der Waals surface area contributed by atoms with Gasteiger partial charge in [0, 0.05) is 16.8 Å². The number of hydrogen-bond acceptors (Lipinski definition) is 3. The Morgan fingerprint density at radius 1 is 0.781 bits per heavy atom. The molecule has 0 radical (unpaired) electrons. The highest BCUT2D eigenvalue weighted by Gasteiger charge is 2.51. The molecule has 0 amide bonds. The van der Waals surface area contributed by atoms with Gasteiger partial charge in [0.25, 0.3) is 0 Å². The molecule has 0 N–H and O–H groups in total. The van der Waals surface area contributed by atoms with Gasteiger partial charge in [-0.3, -0.25) is 4.98 Å². The van der Waals surface area contributed by atoms with Crippen LogP contribution in [0.5, 0.6) is 0 Å². The zero-order valence-electron chi connectivity index (χ0n) is 20.0. The van der Waals surface area contributed by atoms with Crippen LogP contribution in [0, 0.1) is 0 Å². The minimum Gasteiger partial charge on any atom is -0.399 e. The monoisotopic (exact) mass is 447 g/mol. The Bertz CT molecular complexity index is 1120. The van der Waals surface area contributed by atoms with E-state index in [1.807, 2.05) is 36.5 Å². The van der Waals surface area contributed by atoms with E-state index >= 15 is 0 Å². The summed E-state index contributed by atoms with van der Waals surface area (Å²) >= 11 is 6.07. The lowest BCUT2D eigenvalue weighted by atomic mass is 9.74. The van der Waals surface area contributed by atoms with Gasteiger partial charge in [0.05, 0.1) is 16.9 Å². The fraction of sp³-hybridized carbons (Fsp3) is 0.370. The van der Waals surface area contributed by atoms with Crippen LogP contribution in [0.25, 0.3) is 22.4 Å². The zero-order chi connectivity index (χ0) is 23.3. The lowest BCUT2D eigenvalue weighted by molar-refractivity contribution is 0.00578. The predicted octanol–water partition coefficient (Wildman–Crippen LogP) is 6.67. The molecule has 4 rings (SSSR count). The summed E-state index contributed by atoms with van der Waals surface area (Å²) in [4.78, 5) is 4.69. The van der Waals surface area contributed by atoms with Gasteiger partial charge in [0.15, 0.2) is 0 Å². The molecule has 0 spiro atoms. The minimum absolute atomic E-state index is 0.0256. The molecule has 166 valence electrons. The maximum Gasteiger partial charge on any atom is 0.494 e. The van der Waals surface area contributed by atoms with Crippen molar-refractivity contribution >= 4 is 24.2 Å². The summed E-state index contributed by atoms with van der Waals surface area (Å²) in [6.45, 7) is 15.0. The number of nitrogens with zero attached hydrogens (tertiary/aromatic N) is 1. The second-order valence-electron chi connectivity index (χ2n) is 10.6. The second-order valence-corrected chi connectivity index (χ2v) is 11.1. The van der Waals surface area contributed by atoms with E-state index in [1.54, 1.807) is 0 Å². The zero-order valence-corrected chi connectivity index (χ0v) is 20.7. The number of halogens is 1. The normalized spacial score (nSPS) is 17.6. The van der Waals surface area contributed by atoms with Gasteiger partial charge >= 0.3 is 7.12 Å². The molecule has 0 unspecified atom stereocenters. The third kappa shape index (κ3) is 4.50. The Kier molecular flexibility index (Phi) is 5.77. The molecule has 0 saturated carbocycles. The third-order valence-electron chi connectivity index (χ3n) is 6.58. The van der Waals surface area contributed by atoms with Crippen LogP contribution in [0.3, 0.4) is 0 Å². The van der Waals surface area contributed by atoms with Crippen molar-refractivity contribution in [2.75, 3.05) is 0 Å². The Morgan fingerprint density at radius 2 is 1.41 bits per heavy atom. The molecule has 2 heterocycles. The van der Waals surface area contributed by atoms with Crippen molar-refractivity contribution in [1.82, 2.24) is 4.98 Å². The molecule has 3 nitrogen and oxygen atoms in total. The Labute approximate surface area is 197 Å². The standard InChI is InChI=1S/C27H31BClNO2/c1-25(2,3)21-14-20(15-22(17-21)28-31-26(4,5)27(6,7)32-28)24-16-19(12-13-30-24)18-8-10-23(29)11-9-18/h8-17H,1-7H3. The summed E-state index contributed by atoms with van der Waals surface area (Å²) in [5, 5.41) is 0.730. The summed E-state index contributed by atoms with van der Waals surface area (Å²) in [5.74, 6) is 0. The summed E-state index contributed by atoms with van der Waals surface area (Å²) in [5.41, 5.74) is 5.62. The van der Waals surface area contributed by atoms with E-state index in [0.717, 1.165) is 32.9 Å². The van der Waals surface area contributed by atoms with Crippen molar-refractivity contribution in [3.63, 3.8) is 0 Å². The van der Waals surface area contributed by atoms with E-state index in [-0.39, 0.29) is 16.6 Å². The van der Waals surface area contributed by atoms with Crippen molar-refractivity contribution in [2.24, 2.45) is 0 Å². The molecule has 0 aliphatic carbocycles. The minimum atomic E-state index is -0.416. The SMILES string of the molecule is CC(C)(C)c1cc(B2OC(C)(C)C(C)(C)O2)cc(-c2cc(-c3ccc(Cl)cc3)ccn2)c1. The summed E-state index contributed by atoms with van der Waals surface area (Å²) in [7, 11) is -0.416. The van der Waals surface area contributed by atoms with Gasteiger partial charge < -0.3 is 9.31 Å². The van der Waals surface area contributed by atoms with Crippen molar-refractivity contribution in [3.8, 4) is 22.4 Å². The van der Waals surface area contributed by atoms with E-state index in [1.165, 1.54) is 5.56 Å². The molecule has 1 aromatic heterocycles. The molecule has 2 aromatic carbocycles. The fourth-order valence-electron chi connectivity index (χ4n) is 3.76. The maximum absolute atomic E-state index is 6.36. The van der Waals surface area contributed by atoms with Crippen LogP contribution in [0.1, 0.15) is 54.0 Å². The molecule has 3 aromatic rings. The van der Waals surface area contributed by atoms with Gasteiger partial charge in [-0.05, 0) is 85.6 Å². The predicted molar refractivity (Wildman–Crippen MR) is 135 cm³/mol. The number of aromatic nitrogens is 1. The molecule has 32 heavy (non-hydrogen) atoms. The molecule has 1 aliphatic heterocycles. The van der Waals surface area contributed by atoms with Gasteiger partial charge in [-0.15, -0.1) is 0 Å². The lowest BCUT2D eigenvalue weighted by Crippen LogP contribution is -2.41. The highest BCUT2D eigenvalue weighted by molar-refractivity contribution is 6.62. The molecule has 1 saturated heterocycles. The van der Waals surface area contributed by atoms with Gasteiger partial charge in [-0.2, -0.15) is 0 Å². The Hall–Kier alpha value is -2.14. The molecular weight excluding hydrogens is 417 g/mol. The van der Waals surface area contributed by atoms with Crippen LogP contribution in [-0.2, 0) is 14.7 Å². The first-order valence-corrected chi connectivity index (χ1v) is 11.5. The lowest BCUT2D eigenvalue weighted by Gasteiger charge is -2.32. The Balaban J connectivity index is 1.79. The van der Waals surface area contributed by atoms with Crippen LogP contribution in [0.4, 0.5) is 0 Å². The van der Waals surface area contributed by atoms with Crippen molar-refractivity contribution in [3.05, 3.63) is 71.4 Å². The summed E-state index contributed by atoms with van der Waals surface area (Å²) < 4.78 is 12.7. The van der Waals surface area contributed by atoms with Crippen molar-refractivity contribution in [2.45, 2.75) is 65.1 Å². The molecule has 1 aliphatic rings. The highest BCUT2D eigenvalue weighted by atomic mass is 35.5. The molecule has 1 fully saturated rings. The largest absolute Gasteiger partial charge is 0.494 e. The van der Waals surface area contributed by atoms with Crippen LogP contribution in [0.15, 0.2) is 60.8 Å². The van der Waals surface area contributed by atoms with Crippen LogP contribution in [0.2, 0.25) is 5.02 Å². The van der Waals surface area contributed by atoms with E-state index < -0.39 is 7.12 Å². The highest BCUT2D eigenvalue weighted by Crippen LogP contribution is 2.37. The fourth-order valence-corrected chi connectivity index (χ4v) is 3.88. The number of rotatable bonds is 3. The van der Waals surface area contributed by atoms with Gasteiger partial charge in [0.2, 0.25) is 0 Å². The number of benzene rings is 2. The summed E-state index contributed by atoms with van der Waals surface area (Å²) in [6, 6.07) is 18.6. The van der Waals surface area contributed by atoms with E-state index in [9.17, 15) is 0 Å². The Morgan fingerprint density at radius 3 is 2.00 bits per heavy atom. The van der Waals surface area contributed by atoms with E-state index in [4.69, 9.17) is 25.9 Å². The first-order chi connectivity index (χ1) is 14.9. The van der Waals surface area contributed by atoms with Crippen molar-refractivity contribution < 1.29 is 9.31 Å². The number of pyridine rings is 1. The first kappa shape index (κ1) is 23.0. The third-order valence-corrected chi connectivity index (χ3v) is 6.83. The van der Waals surface area contributed by atoms with E-state index in [0.29, 0.717) is 0 Å². The first-order valence-electron chi connectivity index (χ1n) is 11.1. The van der Waals surface area contributed by atoms with Crippen LogP contribution >= 0.6 is 11.6 Å². The molecule has 0 bridgehead atoms. The van der Waals surface area contributed by atoms with Crippen LogP contribution < -0.4 is 5.46 Å². The van der Waals surface area contributed by atoms with Crippen LogP contribution in [-0.4, -0.2) is 23.3 Å². The number of hydrogen-bond donors (Lipinski definition) is 0. The van der Waals surface area contributed by atoms with Crippen molar-refractivity contribution in [1.29, 1.82) is 0 Å². The maximum atomic E-state index is 6.36. The summed E-state index contributed by atoms with van der Waals surface area (Å²) in [6.07, 6.45) is 1.86. The van der Waals surface area contributed by atoms with E-state index in [2.05, 4.69) is 72.7 Å². The average molecular weight is 448 g/mol. The second kappa shape index (κ2) is 8.02. The molecule has 5 heteroatoms. The van der Waals surface area contributed by atoms with Gasteiger partial charge in [-0.1, -0.05) is 56.6 Å². The molecule has 0 atom stereocenters. The molecular formula is C27H31BClNO2. The van der Waals surface area contributed by atoms with Gasteiger partial charge in [0.1, 0.15) is 0 Å². The average Bonchev–Trinajstić information content (AvgIpc) is 2.95. The topological polar surface area (TPSA) is 31.4 Å². The van der Waals surface area contributed by atoms with Gasteiger partial charge in [-0.25, -0.2) is 0 Å².